The van der Waals surface area contributed by atoms with Crippen molar-refractivity contribution in [1.29, 1.82) is 0 Å². The molecule has 4 nitrogen and oxygen atoms in total. The molecule has 2 N–H and O–H groups in total. The number of rotatable bonds is 4. The van der Waals surface area contributed by atoms with Crippen molar-refractivity contribution in [2.24, 2.45) is 5.92 Å². The molecule has 11 heavy (non-hydrogen) atoms. The van der Waals surface area contributed by atoms with Crippen LogP contribution in [0.25, 0.3) is 0 Å². The van der Waals surface area contributed by atoms with Crippen molar-refractivity contribution in [2.75, 3.05) is 0 Å². The molecule has 0 saturated heterocycles. The molecule has 0 amide bonds. The molecule has 0 heterocycles. The molecule has 2 atom stereocenters. The Morgan fingerprint density at radius 1 is 1.36 bits per heavy atom. The second-order valence-electron chi connectivity index (χ2n) is 2.28. The smallest absolute Gasteiger partial charge is 0.338 e. The van der Waals surface area contributed by atoms with Gasteiger partial charge in [-0.15, -0.1) is 0 Å². The third kappa shape index (κ3) is 3.54. The van der Waals surface area contributed by atoms with E-state index >= 15 is 0 Å². The highest BCUT2D eigenvalue weighted by Gasteiger charge is 2.22. The zero-order chi connectivity index (χ0) is 9.02. The van der Waals surface area contributed by atoms with Crippen LogP contribution in [0.1, 0.15) is 13.3 Å². The lowest BCUT2D eigenvalue weighted by molar-refractivity contribution is -0.146. The summed E-state index contributed by atoms with van der Waals surface area (Å²) in [5.41, 5.74) is 0. The zero-order valence-electron chi connectivity index (χ0n) is 5.95. The van der Waals surface area contributed by atoms with Gasteiger partial charge < -0.3 is 10.2 Å². The normalized spacial score (nSPS) is 15.5. The summed E-state index contributed by atoms with van der Waals surface area (Å²) in [7, 11) is 0. The van der Waals surface area contributed by atoms with E-state index in [1.165, 1.54) is 6.92 Å². The van der Waals surface area contributed by atoms with Crippen LogP contribution in [0.4, 0.5) is 4.39 Å². The first-order chi connectivity index (χ1) is 4.95. The number of hydrogen-bond acceptors (Lipinski definition) is 2. The molecule has 0 bridgehead atoms. The third-order valence-electron chi connectivity index (χ3n) is 1.25. The van der Waals surface area contributed by atoms with Crippen molar-refractivity contribution < 1.29 is 24.2 Å². The van der Waals surface area contributed by atoms with Crippen LogP contribution in [0.3, 0.4) is 0 Å². The molecule has 0 saturated carbocycles. The molecule has 0 aliphatic rings. The summed E-state index contributed by atoms with van der Waals surface area (Å²) < 4.78 is 12.3. The first kappa shape index (κ1) is 9.87. The van der Waals surface area contributed by atoms with Crippen LogP contribution < -0.4 is 0 Å². The van der Waals surface area contributed by atoms with Crippen LogP contribution >= 0.6 is 0 Å². The molecule has 64 valence electrons. The lowest BCUT2D eigenvalue weighted by Crippen LogP contribution is -2.21. The van der Waals surface area contributed by atoms with Crippen molar-refractivity contribution in [1.82, 2.24) is 0 Å². The topological polar surface area (TPSA) is 74.6 Å². The van der Waals surface area contributed by atoms with Gasteiger partial charge in [0.25, 0.3) is 0 Å². The van der Waals surface area contributed by atoms with Gasteiger partial charge in [0.1, 0.15) is 0 Å². The third-order valence-corrected chi connectivity index (χ3v) is 1.25. The van der Waals surface area contributed by atoms with Crippen LogP contribution in [0.15, 0.2) is 0 Å². The molecule has 0 rings (SSSR count). The first-order valence-corrected chi connectivity index (χ1v) is 3.04. The number of aliphatic carboxylic acids is 2. The summed E-state index contributed by atoms with van der Waals surface area (Å²) in [4.78, 5) is 20.0. The molecular weight excluding hydrogens is 155 g/mol. The maximum Gasteiger partial charge on any atom is 0.338 e. The largest absolute Gasteiger partial charge is 0.481 e. The van der Waals surface area contributed by atoms with E-state index in [1.807, 2.05) is 0 Å². The molecule has 0 aliphatic carbocycles. The SMILES string of the molecule is CC(CC(F)C(=O)O)C(=O)O. The van der Waals surface area contributed by atoms with Gasteiger partial charge in [-0.1, -0.05) is 6.92 Å². The number of carbonyl (C=O) groups is 2. The average Bonchev–Trinajstić information content (AvgIpc) is 1.87. The zero-order valence-corrected chi connectivity index (χ0v) is 5.95. The maximum absolute atomic E-state index is 12.3. The molecule has 0 fully saturated rings. The molecular formula is C6H9FO4. The van der Waals surface area contributed by atoms with Gasteiger partial charge in [-0.3, -0.25) is 4.79 Å². The molecule has 5 heteroatoms. The van der Waals surface area contributed by atoms with E-state index in [4.69, 9.17) is 10.2 Å². The van der Waals surface area contributed by atoms with Crippen LogP contribution in [-0.4, -0.2) is 28.3 Å². The van der Waals surface area contributed by atoms with Gasteiger partial charge in [-0.05, 0) is 0 Å². The molecule has 0 spiro atoms. The Kier molecular flexibility index (Phi) is 3.50. The highest BCUT2D eigenvalue weighted by molar-refractivity contribution is 5.74. The minimum atomic E-state index is -2.08. The van der Waals surface area contributed by atoms with Crippen molar-refractivity contribution in [3.8, 4) is 0 Å². The Labute approximate surface area is 62.6 Å². The Bertz CT molecular complexity index is 150. The Hall–Kier alpha value is -1.13. The summed E-state index contributed by atoms with van der Waals surface area (Å²) in [6, 6.07) is 0. The molecule has 0 aromatic heterocycles. The highest BCUT2D eigenvalue weighted by atomic mass is 19.1. The van der Waals surface area contributed by atoms with E-state index in [0.29, 0.717) is 0 Å². The predicted molar refractivity (Wildman–Crippen MR) is 33.9 cm³/mol. The lowest BCUT2D eigenvalue weighted by atomic mass is 10.1. The fourth-order valence-electron chi connectivity index (χ4n) is 0.512. The summed E-state index contributed by atoms with van der Waals surface area (Å²) in [6.07, 6.45) is -2.56. The van der Waals surface area contributed by atoms with Gasteiger partial charge in [0, 0.05) is 6.42 Å². The number of carboxylic acid groups (broad SMARTS) is 2. The van der Waals surface area contributed by atoms with Crippen LogP contribution in [0.5, 0.6) is 0 Å². The quantitative estimate of drug-likeness (QED) is 0.635. The minimum Gasteiger partial charge on any atom is -0.481 e. The molecule has 0 aromatic rings. The first-order valence-electron chi connectivity index (χ1n) is 3.04. The summed E-state index contributed by atoms with van der Waals surface area (Å²) in [5, 5.41) is 16.3. The van der Waals surface area contributed by atoms with Gasteiger partial charge in [0.15, 0.2) is 6.17 Å². The van der Waals surface area contributed by atoms with Crippen molar-refractivity contribution in [2.45, 2.75) is 19.5 Å². The maximum atomic E-state index is 12.3. The van der Waals surface area contributed by atoms with Gasteiger partial charge in [0.2, 0.25) is 0 Å². The van der Waals surface area contributed by atoms with Gasteiger partial charge >= 0.3 is 11.9 Å². The van der Waals surface area contributed by atoms with Crippen LogP contribution in [-0.2, 0) is 9.59 Å². The average molecular weight is 164 g/mol. The second-order valence-corrected chi connectivity index (χ2v) is 2.28. The monoisotopic (exact) mass is 164 g/mol. The predicted octanol–water partition coefficient (Wildman–Crippen LogP) is 0.520. The van der Waals surface area contributed by atoms with E-state index in [-0.39, 0.29) is 0 Å². The number of hydrogen-bond donors (Lipinski definition) is 2. The molecule has 0 radical (unpaired) electrons. The molecule has 2 unspecified atom stereocenters. The number of carboxylic acids is 2. The van der Waals surface area contributed by atoms with E-state index in [9.17, 15) is 14.0 Å². The van der Waals surface area contributed by atoms with Gasteiger partial charge in [-0.2, -0.15) is 0 Å². The Morgan fingerprint density at radius 3 is 2.09 bits per heavy atom. The Morgan fingerprint density at radius 2 is 1.82 bits per heavy atom. The molecule has 0 aromatic carbocycles. The summed E-state index contributed by atoms with van der Waals surface area (Å²) in [5.74, 6) is -3.76. The molecule has 0 aliphatic heterocycles. The minimum absolute atomic E-state index is 0.481. The van der Waals surface area contributed by atoms with E-state index in [2.05, 4.69) is 0 Å². The highest BCUT2D eigenvalue weighted by Crippen LogP contribution is 2.08. The summed E-state index contributed by atoms with van der Waals surface area (Å²) in [6.45, 7) is 1.26. The van der Waals surface area contributed by atoms with Crippen LogP contribution in [0.2, 0.25) is 0 Å². The van der Waals surface area contributed by atoms with Crippen molar-refractivity contribution in [3.63, 3.8) is 0 Å². The van der Waals surface area contributed by atoms with E-state index in [1.54, 1.807) is 0 Å². The van der Waals surface area contributed by atoms with E-state index < -0.39 is 30.4 Å². The Balaban J connectivity index is 3.84. The number of alkyl halides is 1. The van der Waals surface area contributed by atoms with Crippen LogP contribution in [0, 0.1) is 5.92 Å². The van der Waals surface area contributed by atoms with Gasteiger partial charge in [0.05, 0.1) is 5.92 Å². The lowest BCUT2D eigenvalue weighted by Gasteiger charge is -2.05. The fourth-order valence-corrected chi connectivity index (χ4v) is 0.512. The van der Waals surface area contributed by atoms with Crippen molar-refractivity contribution >= 4 is 11.9 Å². The number of halogens is 1. The van der Waals surface area contributed by atoms with E-state index in [0.717, 1.165) is 0 Å². The standard InChI is InChI=1S/C6H9FO4/c1-3(5(8)9)2-4(7)6(10)11/h3-4H,2H2,1H3,(H,8,9)(H,10,11). The summed E-state index contributed by atoms with van der Waals surface area (Å²) >= 11 is 0. The second kappa shape index (κ2) is 3.90. The fraction of sp³-hybridized carbons (Fsp3) is 0.667. The van der Waals surface area contributed by atoms with Gasteiger partial charge in [-0.25, -0.2) is 9.18 Å². The van der Waals surface area contributed by atoms with Crippen molar-refractivity contribution in [3.05, 3.63) is 0 Å².